The summed E-state index contributed by atoms with van der Waals surface area (Å²) in [5, 5.41) is 1.24. The van der Waals surface area contributed by atoms with Crippen LogP contribution in [0.1, 0.15) is 28.1 Å². The molecule has 2 aromatic heterocycles. The van der Waals surface area contributed by atoms with Crippen LogP contribution in [0.2, 0.25) is 5.15 Å². The zero-order valence-electron chi connectivity index (χ0n) is 12.3. The van der Waals surface area contributed by atoms with E-state index in [2.05, 4.69) is 14.9 Å². The van der Waals surface area contributed by atoms with Crippen molar-refractivity contribution in [2.24, 2.45) is 0 Å². The molecule has 0 atom stereocenters. The third kappa shape index (κ3) is 2.46. The van der Waals surface area contributed by atoms with Crippen LogP contribution in [0.15, 0.2) is 0 Å². The summed E-state index contributed by atoms with van der Waals surface area (Å²) < 4.78 is 0. The fraction of sp³-hybridized carbons (Fsp3) is 0.500. The van der Waals surface area contributed by atoms with Gasteiger partial charge in [-0.3, -0.25) is 4.79 Å². The topological polar surface area (TPSA) is 49.3 Å². The molecule has 2 aromatic rings. The lowest BCUT2D eigenvalue weighted by molar-refractivity contribution is 0.0831. The maximum absolute atomic E-state index is 12.2. The number of hydrogen-bond acceptors (Lipinski definition) is 5. The van der Waals surface area contributed by atoms with Gasteiger partial charge in [-0.25, -0.2) is 9.97 Å². The molecule has 5 nitrogen and oxygen atoms in total. The predicted octanol–water partition coefficient (Wildman–Crippen LogP) is 2.96. The molecule has 0 aromatic carbocycles. The molecule has 0 saturated carbocycles. The summed E-state index contributed by atoms with van der Waals surface area (Å²) in [6.07, 6.45) is 2.32. The third-order valence-electron chi connectivity index (χ3n) is 3.72. The van der Waals surface area contributed by atoms with Gasteiger partial charge in [-0.1, -0.05) is 11.6 Å². The Morgan fingerprint density at radius 3 is 2.57 bits per heavy atom. The molecule has 3 heterocycles. The van der Waals surface area contributed by atoms with E-state index in [0.29, 0.717) is 16.0 Å². The van der Waals surface area contributed by atoms with Gasteiger partial charge in [0.15, 0.2) is 0 Å². The Kier molecular flexibility index (Phi) is 3.75. The van der Waals surface area contributed by atoms with E-state index in [1.807, 2.05) is 6.92 Å². The number of aromatic nitrogens is 2. The summed E-state index contributed by atoms with van der Waals surface area (Å²) in [5.74, 6) is 0.657. The second-order valence-electron chi connectivity index (χ2n) is 5.44. The Hall–Kier alpha value is -1.40. The molecule has 1 fully saturated rings. The van der Waals surface area contributed by atoms with E-state index < -0.39 is 0 Å². The van der Waals surface area contributed by atoms with Gasteiger partial charge in [0.05, 0.1) is 10.3 Å². The Labute approximate surface area is 132 Å². The minimum Gasteiger partial charge on any atom is -0.344 e. The van der Waals surface area contributed by atoms with Crippen molar-refractivity contribution >= 4 is 45.0 Å². The highest BCUT2D eigenvalue weighted by Crippen LogP contribution is 2.35. The van der Waals surface area contributed by atoms with E-state index in [1.165, 1.54) is 11.3 Å². The second-order valence-corrected chi connectivity index (χ2v) is 6.80. The monoisotopic (exact) mass is 324 g/mol. The van der Waals surface area contributed by atoms with Crippen LogP contribution in [0.5, 0.6) is 0 Å². The Morgan fingerprint density at radius 1 is 1.29 bits per heavy atom. The first-order valence-electron chi connectivity index (χ1n) is 6.92. The molecule has 3 rings (SSSR count). The summed E-state index contributed by atoms with van der Waals surface area (Å²) in [5.41, 5.74) is 0.867. The molecule has 0 unspecified atom stereocenters. The maximum atomic E-state index is 12.2. The third-order valence-corrected chi connectivity index (χ3v) is 5.17. The van der Waals surface area contributed by atoms with Gasteiger partial charge in [-0.2, -0.15) is 0 Å². The van der Waals surface area contributed by atoms with Gasteiger partial charge in [0.25, 0.3) is 5.91 Å². The molecule has 0 N–H and O–H groups in total. The first kappa shape index (κ1) is 14.5. The smallest absolute Gasteiger partial charge is 0.263 e. The fourth-order valence-electron chi connectivity index (χ4n) is 2.55. The minimum atomic E-state index is -0.0192. The lowest BCUT2D eigenvalue weighted by Gasteiger charge is -2.14. The quantitative estimate of drug-likeness (QED) is 0.797. The van der Waals surface area contributed by atoms with Gasteiger partial charge in [-0.05, 0) is 25.3 Å². The summed E-state index contributed by atoms with van der Waals surface area (Å²) >= 11 is 7.74. The molecule has 112 valence electrons. The molecule has 0 aliphatic carbocycles. The van der Waals surface area contributed by atoms with Crippen molar-refractivity contribution in [1.82, 2.24) is 14.9 Å². The predicted molar refractivity (Wildman–Crippen MR) is 86.6 cm³/mol. The van der Waals surface area contributed by atoms with Gasteiger partial charge in [0.2, 0.25) is 5.95 Å². The summed E-state index contributed by atoms with van der Waals surface area (Å²) in [7, 11) is 3.49. The van der Waals surface area contributed by atoms with E-state index >= 15 is 0 Å². The van der Waals surface area contributed by atoms with E-state index in [1.54, 1.807) is 19.0 Å². The van der Waals surface area contributed by atoms with Crippen LogP contribution in [0.4, 0.5) is 5.95 Å². The lowest BCUT2D eigenvalue weighted by Crippen LogP contribution is -2.21. The molecule has 0 radical (unpaired) electrons. The summed E-state index contributed by atoms with van der Waals surface area (Å²) in [4.78, 5) is 26.5. The largest absolute Gasteiger partial charge is 0.344 e. The number of nitrogens with zero attached hydrogens (tertiary/aromatic N) is 4. The van der Waals surface area contributed by atoms with Crippen LogP contribution < -0.4 is 4.90 Å². The van der Waals surface area contributed by atoms with E-state index in [-0.39, 0.29) is 5.91 Å². The first-order chi connectivity index (χ1) is 9.99. The normalized spacial score (nSPS) is 15.0. The van der Waals surface area contributed by atoms with Gasteiger partial charge in [0.1, 0.15) is 9.98 Å². The van der Waals surface area contributed by atoms with Crippen molar-refractivity contribution in [3.05, 3.63) is 15.6 Å². The maximum Gasteiger partial charge on any atom is 0.263 e. The molecule has 1 saturated heterocycles. The van der Waals surface area contributed by atoms with Crippen LogP contribution in [0.3, 0.4) is 0 Å². The number of rotatable bonds is 2. The average Bonchev–Trinajstić information content (AvgIpc) is 3.06. The second kappa shape index (κ2) is 5.42. The van der Waals surface area contributed by atoms with E-state index in [4.69, 9.17) is 11.6 Å². The number of thiophene rings is 1. The van der Waals surface area contributed by atoms with Gasteiger partial charge in [0, 0.05) is 27.2 Å². The average molecular weight is 325 g/mol. The van der Waals surface area contributed by atoms with Crippen molar-refractivity contribution in [3.63, 3.8) is 0 Å². The lowest BCUT2D eigenvalue weighted by atomic mass is 10.2. The molecular formula is C14H17ClN4OS. The summed E-state index contributed by atoms with van der Waals surface area (Å²) in [6.45, 7) is 3.84. The Bertz CT molecular complexity index is 707. The van der Waals surface area contributed by atoms with Crippen LogP contribution >= 0.6 is 22.9 Å². The van der Waals surface area contributed by atoms with Crippen molar-refractivity contribution in [3.8, 4) is 0 Å². The SMILES string of the molecule is Cc1c(C(=O)N(C)C)sc2nc(N3CCCC3)nc(Cl)c12. The fourth-order valence-corrected chi connectivity index (χ4v) is 4.11. The number of aryl methyl sites for hydroxylation is 1. The van der Waals surface area contributed by atoms with Crippen molar-refractivity contribution in [2.45, 2.75) is 19.8 Å². The van der Waals surface area contributed by atoms with Crippen LogP contribution in [-0.4, -0.2) is 48.0 Å². The van der Waals surface area contributed by atoms with Crippen molar-refractivity contribution < 1.29 is 4.79 Å². The molecule has 0 bridgehead atoms. The first-order valence-corrected chi connectivity index (χ1v) is 8.11. The van der Waals surface area contributed by atoms with Crippen LogP contribution in [-0.2, 0) is 0 Å². The minimum absolute atomic E-state index is 0.0192. The molecule has 1 aliphatic rings. The molecule has 1 aliphatic heterocycles. The number of halogens is 1. The number of carbonyl (C=O) groups is 1. The Balaban J connectivity index is 2.12. The van der Waals surface area contributed by atoms with Crippen molar-refractivity contribution in [2.75, 3.05) is 32.1 Å². The zero-order chi connectivity index (χ0) is 15.1. The van der Waals surface area contributed by atoms with Gasteiger partial charge >= 0.3 is 0 Å². The molecule has 21 heavy (non-hydrogen) atoms. The van der Waals surface area contributed by atoms with Crippen LogP contribution in [0, 0.1) is 6.92 Å². The highest BCUT2D eigenvalue weighted by Gasteiger charge is 2.23. The molecule has 1 amide bonds. The number of amides is 1. The molecule has 7 heteroatoms. The number of carbonyl (C=O) groups excluding carboxylic acids is 1. The Morgan fingerprint density at radius 2 is 1.95 bits per heavy atom. The highest BCUT2D eigenvalue weighted by atomic mass is 35.5. The van der Waals surface area contributed by atoms with Gasteiger partial charge < -0.3 is 9.80 Å². The standard InChI is InChI=1S/C14H17ClN4OS/c1-8-9-11(15)16-14(19-6-4-5-7-19)17-12(9)21-10(8)13(20)18(2)3/h4-7H2,1-3H3. The zero-order valence-corrected chi connectivity index (χ0v) is 13.9. The number of fused-ring (bicyclic) bond motifs is 1. The summed E-state index contributed by atoms with van der Waals surface area (Å²) in [6, 6.07) is 0. The molecular weight excluding hydrogens is 308 g/mol. The van der Waals surface area contributed by atoms with Crippen LogP contribution in [0.25, 0.3) is 10.2 Å². The molecule has 0 spiro atoms. The number of hydrogen-bond donors (Lipinski definition) is 0. The van der Waals surface area contributed by atoms with Crippen molar-refractivity contribution in [1.29, 1.82) is 0 Å². The van der Waals surface area contributed by atoms with E-state index in [0.717, 1.165) is 41.7 Å². The number of anilines is 1. The highest BCUT2D eigenvalue weighted by molar-refractivity contribution is 7.20. The van der Waals surface area contributed by atoms with Gasteiger partial charge in [-0.15, -0.1) is 11.3 Å². The van der Waals surface area contributed by atoms with E-state index in [9.17, 15) is 4.79 Å².